The summed E-state index contributed by atoms with van der Waals surface area (Å²) in [6.45, 7) is 8.91. The average Bonchev–Trinajstić information content (AvgIpc) is 3.17. The highest BCUT2D eigenvalue weighted by atomic mass is 16.2. The predicted octanol–water partition coefficient (Wildman–Crippen LogP) is 1.99. The number of hydrogen-bond acceptors (Lipinski definition) is 4. The van der Waals surface area contributed by atoms with Crippen LogP contribution in [-0.2, 0) is 11.3 Å². The predicted molar refractivity (Wildman–Crippen MR) is 101 cm³/mol. The lowest BCUT2D eigenvalue weighted by Gasteiger charge is -2.36. The first-order valence-corrected chi connectivity index (χ1v) is 8.72. The average molecular weight is 353 g/mol. The van der Waals surface area contributed by atoms with Gasteiger partial charge in [0.2, 0.25) is 5.91 Å². The van der Waals surface area contributed by atoms with Gasteiger partial charge >= 0.3 is 0 Å². The molecule has 0 atom stereocenters. The van der Waals surface area contributed by atoms with E-state index in [0.29, 0.717) is 31.9 Å². The zero-order valence-corrected chi connectivity index (χ0v) is 14.9. The van der Waals surface area contributed by atoms with Gasteiger partial charge in [0.1, 0.15) is 0 Å². The Morgan fingerprint density at radius 3 is 2.58 bits per heavy atom. The number of aromatic nitrogens is 2. The topological polar surface area (TPSA) is 70.5 Å². The van der Waals surface area contributed by atoms with Crippen LogP contribution in [0, 0.1) is 0 Å². The number of nitrogens with zero attached hydrogens (tertiary/aromatic N) is 4. The summed E-state index contributed by atoms with van der Waals surface area (Å²) in [5.41, 5.74) is 2.08. The zero-order valence-electron chi connectivity index (χ0n) is 14.9. The Morgan fingerprint density at radius 1 is 1.19 bits per heavy atom. The van der Waals surface area contributed by atoms with Crippen LogP contribution in [-0.4, -0.2) is 52.7 Å². The summed E-state index contributed by atoms with van der Waals surface area (Å²) >= 11 is 0. The third kappa shape index (κ3) is 3.77. The molecule has 0 radical (unpaired) electrons. The first-order chi connectivity index (χ1) is 12.6. The lowest BCUT2D eigenvalue weighted by Crippen LogP contribution is -2.48. The smallest absolute Gasteiger partial charge is 0.276 e. The van der Waals surface area contributed by atoms with Crippen LogP contribution < -0.4 is 10.2 Å². The van der Waals surface area contributed by atoms with E-state index >= 15 is 0 Å². The van der Waals surface area contributed by atoms with E-state index in [1.807, 2.05) is 31.2 Å². The molecule has 7 heteroatoms. The fraction of sp³-hybridized carbons (Fsp3) is 0.316. The number of piperazine rings is 1. The van der Waals surface area contributed by atoms with E-state index in [0.717, 1.165) is 17.9 Å². The van der Waals surface area contributed by atoms with Crippen molar-refractivity contribution in [2.24, 2.45) is 0 Å². The van der Waals surface area contributed by atoms with E-state index in [2.05, 4.69) is 21.9 Å². The van der Waals surface area contributed by atoms with Crippen molar-refractivity contribution in [3.8, 4) is 0 Å². The molecule has 0 saturated carbocycles. The van der Waals surface area contributed by atoms with E-state index in [4.69, 9.17) is 0 Å². The van der Waals surface area contributed by atoms with Gasteiger partial charge in [-0.15, -0.1) is 0 Å². The van der Waals surface area contributed by atoms with Crippen molar-refractivity contribution in [1.29, 1.82) is 0 Å². The van der Waals surface area contributed by atoms with Crippen molar-refractivity contribution in [3.63, 3.8) is 0 Å². The van der Waals surface area contributed by atoms with Crippen molar-refractivity contribution in [2.75, 3.05) is 36.4 Å². The molecule has 1 aromatic heterocycles. The van der Waals surface area contributed by atoms with Gasteiger partial charge in [-0.05, 0) is 31.2 Å². The summed E-state index contributed by atoms with van der Waals surface area (Å²) in [6.07, 6.45) is 3.13. The molecule has 7 nitrogen and oxygen atoms in total. The first kappa shape index (κ1) is 17.7. The quantitative estimate of drug-likeness (QED) is 0.835. The van der Waals surface area contributed by atoms with Crippen molar-refractivity contribution >= 4 is 23.2 Å². The zero-order chi connectivity index (χ0) is 18.5. The number of anilines is 2. The Labute approximate surface area is 152 Å². The van der Waals surface area contributed by atoms with Gasteiger partial charge in [-0.25, -0.2) is 0 Å². The minimum atomic E-state index is -0.231. The molecule has 0 spiro atoms. The molecule has 3 rings (SSSR count). The molecule has 1 fully saturated rings. The van der Waals surface area contributed by atoms with Gasteiger partial charge in [-0.1, -0.05) is 18.7 Å². The molecule has 1 saturated heterocycles. The highest BCUT2D eigenvalue weighted by Gasteiger charge is 2.22. The number of rotatable bonds is 5. The van der Waals surface area contributed by atoms with Gasteiger partial charge in [-0.3, -0.25) is 14.3 Å². The first-order valence-electron chi connectivity index (χ1n) is 8.72. The molecule has 0 bridgehead atoms. The fourth-order valence-corrected chi connectivity index (χ4v) is 3.00. The molecule has 0 unspecified atom stereocenters. The lowest BCUT2D eigenvalue weighted by atomic mass is 10.2. The van der Waals surface area contributed by atoms with Crippen LogP contribution in [0.2, 0.25) is 0 Å². The summed E-state index contributed by atoms with van der Waals surface area (Å²) in [5.74, 6) is -0.275. The Kier molecular flexibility index (Phi) is 5.36. The van der Waals surface area contributed by atoms with Gasteiger partial charge in [0, 0.05) is 38.9 Å². The molecule has 2 heterocycles. The van der Waals surface area contributed by atoms with Crippen LogP contribution in [0.5, 0.6) is 0 Å². The second-order valence-electron chi connectivity index (χ2n) is 6.04. The van der Waals surface area contributed by atoms with Gasteiger partial charge < -0.3 is 15.1 Å². The number of aryl methyl sites for hydroxylation is 1. The van der Waals surface area contributed by atoms with Crippen LogP contribution >= 0.6 is 0 Å². The minimum Gasteiger partial charge on any atom is -0.366 e. The largest absolute Gasteiger partial charge is 0.366 e. The van der Waals surface area contributed by atoms with Crippen LogP contribution in [0.1, 0.15) is 17.4 Å². The third-order valence-corrected chi connectivity index (χ3v) is 4.46. The maximum Gasteiger partial charge on any atom is 0.276 e. The molecule has 1 aliphatic rings. The lowest BCUT2D eigenvalue weighted by molar-refractivity contribution is -0.126. The summed E-state index contributed by atoms with van der Waals surface area (Å²) in [7, 11) is 0. The van der Waals surface area contributed by atoms with Crippen LogP contribution in [0.4, 0.5) is 11.4 Å². The number of nitrogens with one attached hydrogen (secondary N) is 1. The molecule has 1 aliphatic heterocycles. The number of carbonyl (C=O) groups excluding carboxylic acids is 2. The second kappa shape index (κ2) is 7.86. The molecule has 136 valence electrons. The van der Waals surface area contributed by atoms with Gasteiger partial charge in [0.15, 0.2) is 5.69 Å². The van der Waals surface area contributed by atoms with E-state index < -0.39 is 0 Å². The van der Waals surface area contributed by atoms with Crippen molar-refractivity contribution in [2.45, 2.75) is 13.5 Å². The number of hydrogen-bond donors (Lipinski definition) is 1. The van der Waals surface area contributed by atoms with Crippen LogP contribution in [0.25, 0.3) is 0 Å². The Morgan fingerprint density at radius 2 is 1.92 bits per heavy atom. The number of para-hydroxylation sites is 2. The number of amides is 2. The Bertz CT molecular complexity index is 806. The highest BCUT2D eigenvalue weighted by molar-refractivity contribution is 6.04. The standard InChI is InChI=1S/C19H23N5O2/c1-3-18(25)23-13-11-22(12-14-23)17-8-6-5-7-15(17)20-19(26)16-9-10-24(4-2)21-16/h3,5-10H,1,4,11-14H2,2H3,(H,20,26). The molecular formula is C19H23N5O2. The Balaban J connectivity index is 1.71. The van der Waals surface area contributed by atoms with Gasteiger partial charge in [0.25, 0.3) is 5.91 Å². The van der Waals surface area contributed by atoms with E-state index in [9.17, 15) is 9.59 Å². The summed E-state index contributed by atoms with van der Waals surface area (Å²) in [6, 6.07) is 9.40. The number of benzene rings is 1. The normalized spacial score (nSPS) is 14.2. The molecular weight excluding hydrogens is 330 g/mol. The molecule has 2 aromatic rings. The molecule has 26 heavy (non-hydrogen) atoms. The van der Waals surface area contributed by atoms with E-state index in [1.54, 1.807) is 21.8 Å². The SMILES string of the molecule is C=CC(=O)N1CCN(c2ccccc2NC(=O)c2ccn(CC)n2)CC1. The monoisotopic (exact) mass is 353 g/mol. The van der Waals surface area contributed by atoms with Gasteiger partial charge in [-0.2, -0.15) is 5.10 Å². The van der Waals surface area contributed by atoms with Crippen molar-refractivity contribution in [1.82, 2.24) is 14.7 Å². The summed E-state index contributed by atoms with van der Waals surface area (Å²) in [4.78, 5) is 28.2. The van der Waals surface area contributed by atoms with E-state index in [-0.39, 0.29) is 11.8 Å². The third-order valence-electron chi connectivity index (χ3n) is 4.46. The van der Waals surface area contributed by atoms with E-state index in [1.165, 1.54) is 6.08 Å². The van der Waals surface area contributed by atoms with Crippen LogP contribution in [0.3, 0.4) is 0 Å². The van der Waals surface area contributed by atoms with Crippen LogP contribution in [0.15, 0.2) is 49.2 Å². The number of carbonyl (C=O) groups is 2. The Hall–Kier alpha value is -3.09. The maximum absolute atomic E-state index is 12.5. The fourth-order valence-electron chi connectivity index (χ4n) is 3.00. The highest BCUT2D eigenvalue weighted by Crippen LogP contribution is 2.27. The summed E-state index contributed by atoms with van der Waals surface area (Å²) in [5, 5.41) is 7.20. The molecule has 1 aromatic carbocycles. The van der Waals surface area contributed by atoms with Crippen molar-refractivity contribution in [3.05, 3.63) is 54.9 Å². The maximum atomic E-state index is 12.5. The van der Waals surface area contributed by atoms with Crippen molar-refractivity contribution < 1.29 is 9.59 Å². The van der Waals surface area contributed by atoms with Gasteiger partial charge in [0.05, 0.1) is 11.4 Å². The minimum absolute atomic E-state index is 0.0438. The second-order valence-corrected chi connectivity index (χ2v) is 6.04. The molecule has 2 amide bonds. The summed E-state index contributed by atoms with van der Waals surface area (Å²) < 4.78 is 1.72. The molecule has 1 N–H and O–H groups in total. The molecule has 0 aliphatic carbocycles.